The molecule has 0 spiro atoms. The van der Waals surface area contributed by atoms with Gasteiger partial charge in [0.25, 0.3) is 5.91 Å². The first kappa shape index (κ1) is 29.3. The van der Waals surface area contributed by atoms with Gasteiger partial charge in [0.2, 0.25) is 0 Å². The molecule has 7 nitrogen and oxygen atoms in total. The number of halogens is 2. The smallest absolute Gasteiger partial charge is 0.255 e. The molecule has 224 valence electrons. The number of hydrogen-bond acceptors (Lipinski definition) is 6. The second-order valence-corrected chi connectivity index (χ2v) is 11.4. The highest BCUT2D eigenvalue weighted by Crippen LogP contribution is 2.46. The van der Waals surface area contributed by atoms with E-state index in [1.54, 1.807) is 42.7 Å². The molecule has 1 amide bonds. The molecule has 1 saturated carbocycles. The van der Waals surface area contributed by atoms with Crippen LogP contribution in [0.4, 0.5) is 8.78 Å². The number of hydrogen-bond donors (Lipinski definition) is 2. The van der Waals surface area contributed by atoms with Gasteiger partial charge in [-0.05, 0) is 90.6 Å². The Kier molecular flexibility index (Phi) is 7.82. The standard InChI is InChI=1S/C35H31F2N3O4/c1-3-5-21-15-30-27(31(33(43)38-2)32(44-30)20-6-9-23(36)10-7-20)16-25(21)22-8-11-28(37)26(14-22)29(42)19-35(17-24(41)18-35)34-39-12-4-13-40-34/h4,6-16,24,41H,3,5,17-19H2,1-2H3,(H,38,43). The highest BCUT2D eigenvalue weighted by molar-refractivity contribution is 6.12. The third-order valence-corrected chi connectivity index (χ3v) is 8.36. The summed E-state index contributed by atoms with van der Waals surface area (Å²) in [5, 5.41) is 13.3. The summed E-state index contributed by atoms with van der Waals surface area (Å²) < 4.78 is 35.1. The molecule has 6 rings (SSSR count). The Labute approximate surface area is 253 Å². The number of fused-ring (bicyclic) bond motifs is 1. The summed E-state index contributed by atoms with van der Waals surface area (Å²) in [5.41, 5.74) is 2.77. The average Bonchev–Trinajstić information content (AvgIpc) is 3.39. The number of rotatable bonds is 9. The van der Waals surface area contributed by atoms with Crippen molar-refractivity contribution in [2.75, 3.05) is 7.05 Å². The van der Waals surface area contributed by atoms with Gasteiger partial charge in [-0.2, -0.15) is 0 Å². The van der Waals surface area contributed by atoms with E-state index in [2.05, 4.69) is 15.3 Å². The van der Waals surface area contributed by atoms with Crippen LogP contribution in [0.5, 0.6) is 0 Å². The summed E-state index contributed by atoms with van der Waals surface area (Å²) in [7, 11) is 1.52. The molecule has 9 heteroatoms. The van der Waals surface area contributed by atoms with Crippen LogP contribution in [0.3, 0.4) is 0 Å². The van der Waals surface area contributed by atoms with Gasteiger partial charge < -0.3 is 14.8 Å². The van der Waals surface area contributed by atoms with Crippen LogP contribution in [0.2, 0.25) is 0 Å². The van der Waals surface area contributed by atoms with Crippen LogP contribution in [0, 0.1) is 11.6 Å². The number of aliphatic hydroxyl groups excluding tert-OH is 1. The summed E-state index contributed by atoms with van der Waals surface area (Å²) in [6.45, 7) is 2.04. The predicted molar refractivity (Wildman–Crippen MR) is 162 cm³/mol. The molecule has 0 bridgehead atoms. The van der Waals surface area contributed by atoms with Crippen molar-refractivity contribution >= 4 is 22.7 Å². The minimum absolute atomic E-state index is 0.0428. The fourth-order valence-electron chi connectivity index (χ4n) is 6.22. The van der Waals surface area contributed by atoms with Crippen LogP contribution in [-0.2, 0) is 11.8 Å². The van der Waals surface area contributed by atoms with Gasteiger partial charge in [0.1, 0.15) is 28.8 Å². The number of ketones is 1. The number of Topliss-reactive ketones (excluding diaryl/α,β-unsaturated/α-hetero) is 1. The van der Waals surface area contributed by atoms with Crippen molar-refractivity contribution in [1.82, 2.24) is 15.3 Å². The second-order valence-electron chi connectivity index (χ2n) is 11.4. The molecule has 44 heavy (non-hydrogen) atoms. The van der Waals surface area contributed by atoms with E-state index < -0.39 is 28.9 Å². The Balaban J connectivity index is 1.45. The van der Waals surface area contributed by atoms with Crippen LogP contribution in [-0.4, -0.2) is 39.9 Å². The van der Waals surface area contributed by atoms with Crippen molar-refractivity contribution < 1.29 is 27.9 Å². The third kappa shape index (κ3) is 5.28. The summed E-state index contributed by atoms with van der Waals surface area (Å²) >= 11 is 0. The lowest BCUT2D eigenvalue weighted by Crippen LogP contribution is -2.47. The van der Waals surface area contributed by atoms with Crippen LogP contribution in [0.15, 0.2) is 77.5 Å². The monoisotopic (exact) mass is 595 g/mol. The Morgan fingerprint density at radius 3 is 2.39 bits per heavy atom. The van der Waals surface area contributed by atoms with Crippen molar-refractivity contribution in [3.05, 3.63) is 107 Å². The van der Waals surface area contributed by atoms with Gasteiger partial charge in [-0.25, -0.2) is 18.7 Å². The first-order valence-electron chi connectivity index (χ1n) is 14.6. The highest BCUT2D eigenvalue weighted by Gasteiger charge is 2.48. The number of aromatic nitrogens is 2. The fourth-order valence-corrected chi connectivity index (χ4v) is 6.22. The maximum atomic E-state index is 15.3. The van der Waals surface area contributed by atoms with E-state index in [1.807, 2.05) is 19.1 Å². The number of aliphatic hydroxyl groups is 1. The van der Waals surface area contributed by atoms with E-state index >= 15 is 4.39 Å². The number of carbonyl (C=O) groups excluding carboxylic acids is 2. The lowest BCUT2D eigenvalue weighted by atomic mass is 9.63. The lowest BCUT2D eigenvalue weighted by molar-refractivity contribution is 0.0102. The van der Waals surface area contributed by atoms with Crippen molar-refractivity contribution in [3.63, 3.8) is 0 Å². The minimum Gasteiger partial charge on any atom is -0.455 e. The largest absolute Gasteiger partial charge is 0.455 e. The van der Waals surface area contributed by atoms with Gasteiger partial charge in [0.05, 0.1) is 17.2 Å². The van der Waals surface area contributed by atoms with E-state index in [9.17, 15) is 19.1 Å². The van der Waals surface area contributed by atoms with Crippen LogP contribution in [0.25, 0.3) is 33.4 Å². The molecule has 1 fully saturated rings. The number of carbonyl (C=O) groups is 2. The number of aryl methyl sites for hydroxylation is 1. The van der Waals surface area contributed by atoms with Crippen molar-refractivity contribution in [3.8, 4) is 22.5 Å². The first-order valence-corrected chi connectivity index (χ1v) is 14.6. The Morgan fingerprint density at radius 1 is 1.02 bits per heavy atom. The van der Waals surface area contributed by atoms with Crippen LogP contribution >= 0.6 is 0 Å². The molecule has 0 radical (unpaired) electrons. The van der Waals surface area contributed by atoms with Gasteiger partial charge >= 0.3 is 0 Å². The van der Waals surface area contributed by atoms with Gasteiger partial charge in [0, 0.05) is 42.2 Å². The minimum atomic E-state index is -0.761. The van der Waals surface area contributed by atoms with Crippen molar-refractivity contribution in [2.45, 2.75) is 50.5 Å². The maximum Gasteiger partial charge on any atom is 0.255 e. The number of benzene rings is 3. The van der Waals surface area contributed by atoms with E-state index in [0.29, 0.717) is 58.5 Å². The summed E-state index contributed by atoms with van der Waals surface area (Å²) in [4.78, 5) is 35.5. The number of furan rings is 1. The predicted octanol–water partition coefficient (Wildman–Crippen LogP) is 6.81. The topological polar surface area (TPSA) is 105 Å². The summed E-state index contributed by atoms with van der Waals surface area (Å²) in [5.74, 6) is -1.06. The maximum absolute atomic E-state index is 15.3. The summed E-state index contributed by atoms with van der Waals surface area (Å²) in [6.07, 6.45) is 4.68. The SMILES string of the molecule is CCCc1cc2oc(-c3ccc(F)cc3)c(C(=O)NC)c2cc1-c1ccc(F)c(C(=O)CC2(c3ncccn3)CC(O)C2)c1. The quantitative estimate of drug-likeness (QED) is 0.181. The third-order valence-electron chi connectivity index (χ3n) is 8.36. The van der Waals surface area contributed by atoms with Gasteiger partial charge in [0.15, 0.2) is 5.78 Å². The Morgan fingerprint density at radius 2 is 1.73 bits per heavy atom. The van der Waals surface area contributed by atoms with Crippen molar-refractivity contribution in [1.29, 1.82) is 0 Å². The van der Waals surface area contributed by atoms with Crippen LogP contribution < -0.4 is 5.32 Å². The Hall–Kier alpha value is -4.76. The lowest BCUT2D eigenvalue weighted by Gasteiger charge is -2.43. The van der Waals surface area contributed by atoms with Gasteiger partial charge in [-0.3, -0.25) is 9.59 Å². The second kappa shape index (κ2) is 11.7. The van der Waals surface area contributed by atoms with E-state index in [-0.39, 0.29) is 17.9 Å². The zero-order valence-electron chi connectivity index (χ0n) is 24.4. The normalized spacial score (nSPS) is 17.8. The van der Waals surface area contributed by atoms with E-state index in [1.165, 1.54) is 25.2 Å². The molecule has 0 unspecified atom stereocenters. The molecule has 1 aliphatic rings. The molecule has 0 aliphatic heterocycles. The molecular formula is C35H31F2N3O4. The van der Waals surface area contributed by atoms with Crippen molar-refractivity contribution in [2.24, 2.45) is 0 Å². The van der Waals surface area contributed by atoms with Gasteiger partial charge in [-0.1, -0.05) is 19.4 Å². The zero-order valence-corrected chi connectivity index (χ0v) is 24.4. The fraction of sp³-hybridized carbons (Fsp3) is 0.257. The number of nitrogens with one attached hydrogen (secondary N) is 1. The molecular weight excluding hydrogens is 564 g/mol. The van der Waals surface area contributed by atoms with E-state index in [0.717, 1.165) is 17.5 Å². The van der Waals surface area contributed by atoms with Crippen LogP contribution in [0.1, 0.15) is 64.7 Å². The van der Waals surface area contributed by atoms with E-state index in [4.69, 9.17) is 4.42 Å². The molecule has 2 N–H and O–H groups in total. The summed E-state index contributed by atoms with van der Waals surface area (Å²) in [6, 6.07) is 15.6. The molecule has 1 aliphatic carbocycles. The molecule has 0 atom stereocenters. The molecule has 2 aromatic heterocycles. The van der Waals surface area contributed by atoms with Gasteiger partial charge in [-0.15, -0.1) is 0 Å². The number of amides is 1. The zero-order chi connectivity index (χ0) is 31.0. The highest BCUT2D eigenvalue weighted by atomic mass is 19.1. The first-order chi connectivity index (χ1) is 21.2. The Bertz CT molecular complexity index is 1860. The molecule has 0 saturated heterocycles. The average molecular weight is 596 g/mol. The molecule has 2 heterocycles. The molecule has 3 aromatic carbocycles. The molecule has 5 aromatic rings. The number of nitrogens with zero attached hydrogens (tertiary/aromatic N) is 2.